The van der Waals surface area contributed by atoms with Crippen LogP contribution in [-0.2, 0) is 5.41 Å². The van der Waals surface area contributed by atoms with Gasteiger partial charge < -0.3 is 0 Å². The van der Waals surface area contributed by atoms with Crippen LogP contribution in [0.15, 0.2) is 24.3 Å². The summed E-state index contributed by atoms with van der Waals surface area (Å²) in [5.41, 5.74) is 0.217. The minimum Gasteiger partial charge on any atom is -0.213 e. The molecule has 1 heterocycles. The van der Waals surface area contributed by atoms with Gasteiger partial charge in [-0.25, -0.2) is 9.65 Å². The standard InChI is InChI=1S/C14H14BFN2/c1-14(9-17,11-2-4-13(16)5-3-11)12-6-7-15(8-12)10-18/h2-5,12H,6-8H2,1H3. The molecule has 0 aromatic heterocycles. The molecular formula is C14H14BFN2. The summed E-state index contributed by atoms with van der Waals surface area (Å²) in [6, 6.07) is 8.51. The van der Waals surface area contributed by atoms with Crippen LogP contribution in [0.3, 0.4) is 0 Å². The Labute approximate surface area is 107 Å². The summed E-state index contributed by atoms with van der Waals surface area (Å²) in [6.07, 6.45) is 2.51. The summed E-state index contributed by atoms with van der Waals surface area (Å²) in [5.74, 6) is 2.17. The van der Waals surface area contributed by atoms with E-state index in [4.69, 9.17) is 5.26 Å². The van der Waals surface area contributed by atoms with Crippen LogP contribution in [-0.4, -0.2) is 6.71 Å². The topological polar surface area (TPSA) is 47.6 Å². The summed E-state index contributed by atoms with van der Waals surface area (Å²) in [7, 11) is 0. The van der Waals surface area contributed by atoms with Gasteiger partial charge in [0, 0.05) is 5.97 Å². The first-order valence-corrected chi connectivity index (χ1v) is 6.17. The Balaban J connectivity index is 2.29. The van der Waals surface area contributed by atoms with Crippen LogP contribution in [0.5, 0.6) is 0 Å². The van der Waals surface area contributed by atoms with Gasteiger partial charge >= 0.3 is 0 Å². The van der Waals surface area contributed by atoms with Gasteiger partial charge in [0.05, 0.1) is 11.5 Å². The van der Waals surface area contributed by atoms with Crippen LogP contribution in [0.2, 0.25) is 12.6 Å². The van der Waals surface area contributed by atoms with Crippen molar-refractivity contribution >= 4 is 6.71 Å². The van der Waals surface area contributed by atoms with Gasteiger partial charge in [-0.3, -0.25) is 0 Å². The molecule has 0 amide bonds. The van der Waals surface area contributed by atoms with Gasteiger partial charge in [0.2, 0.25) is 0 Å². The van der Waals surface area contributed by atoms with Crippen molar-refractivity contribution in [3.05, 3.63) is 35.6 Å². The second-order valence-electron chi connectivity index (χ2n) is 5.16. The molecule has 1 aliphatic rings. The number of halogens is 1. The largest absolute Gasteiger partial charge is 0.268 e. The lowest BCUT2D eigenvalue weighted by Gasteiger charge is -2.29. The fourth-order valence-electron chi connectivity index (χ4n) is 2.81. The second kappa shape index (κ2) is 4.82. The second-order valence-corrected chi connectivity index (χ2v) is 5.16. The molecule has 1 aromatic carbocycles. The SMILES string of the molecule is CC(C#N)(c1ccc(F)cc1)C1CCB(C#N)C1. The van der Waals surface area contributed by atoms with Crippen molar-refractivity contribution in [1.29, 1.82) is 10.5 Å². The minimum absolute atomic E-state index is 0.0584. The van der Waals surface area contributed by atoms with Gasteiger partial charge in [-0.1, -0.05) is 31.2 Å². The molecule has 1 fully saturated rings. The van der Waals surface area contributed by atoms with Gasteiger partial charge in [-0.15, -0.1) is 0 Å². The molecule has 2 nitrogen and oxygen atoms in total. The monoisotopic (exact) mass is 240 g/mol. The van der Waals surface area contributed by atoms with E-state index in [9.17, 15) is 9.65 Å². The predicted octanol–water partition coefficient (Wildman–Crippen LogP) is 3.18. The van der Waals surface area contributed by atoms with Crippen molar-refractivity contribution in [2.24, 2.45) is 5.92 Å². The minimum atomic E-state index is -0.626. The molecule has 0 N–H and O–H groups in total. The molecule has 0 bridgehead atoms. The van der Waals surface area contributed by atoms with Crippen molar-refractivity contribution < 1.29 is 4.39 Å². The molecule has 18 heavy (non-hydrogen) atoms. The molecule has 4 heteroatoms. The van der Waals surface area contributed by atoms with E-state index in [0.29, 0.717) is 0 Å². The molecule has 2 unspecified atom stereocenters. The third kappa shape index (κ3) is 2.11. The molecule has 0 radical (unpaired) electrons. The molecule has 1 aliphatic heterocycles. The van der Waals surface area contributed by atoms with Crippen molar-refractivity contribution in [2.45, 2.75) is 31.4 Å². The average Bonchev–Trinajstić information content (AvgIpc) is 2.88. The zero-order valence-corrected chi connectivity index (χ0v) is 10.4. The number of benzene rings is 1. The van der Waals surface area contributed by atoms with E-state index >= 15 is 0 Å². The van der Waals surface area contributed by atoms with E-state index in [-0.39, 0.29) is 18.4 Å². The zero-order chi connectivity index (χ0) is 13.2. The third-order valence-electron chi connectivity index (χ3n) is 4.11. The third-order valence-corrected chi connectivity index (χ3v) is 4.11. The van der Waals surface area contributed by atoms with Crippen LogP contribution in [0, 0.1) is 34.3 Å². The highest BCUT2D eigenvalue weighted by molar-refractivity contribution is 6.67. The number of nitrogens with zero attached hydrogens (tertiary/aromatic N) is 2. The van der Waals surface area contributed by atoms with Crippen LogP contribution >= 0.6 is 0 Å². The maximum Gasteiger partial charge on any atom is 0.268 e. The Morgan fingerprint density at radius 2 is 2.00 bits per heavy atom. The predicted molar refractivity (Wildman–Crippen MR) is 68.5 cm³/mol. The number of nitriles is 2. The van der Waals surface area contributed by atoms with E-state index in [1.54, 1.807) is 12.1 Å². The van der Waals surface area contributed by atoms with Crippen molar-refractivity contribution in [3.63, 3.8) is 0 Å². The first kappa shape index (κ1) is 12.6. The molecule has 90 valence electrons. The maximum atomic E-state index is 12.9. The number of rotatable bonds is 2. The Bertz CT molecular complexity index is 514. The lowest BCUT2D eigenvalue weighted by molar-refractivity contribution is 0.400. The average molecular weight is 240 g/mol. The van der Waals surface area contributed by atoms with Gasteiger partial charge in [0.15, 0.2) is 0 Å². The normalized spacial score (nSPS) is 22.0. The van der Waals surface area contributed by atoms with E-state index in [1.807, 2.05) is 6.92 Å². The summed E-state index contributed by atoms with van der Waals surface area (Å²) in [6.45, 7) is 1.95. The number of hydrogen-bond acceptors (Lipinski definition) is 2. The lowest BCUT2D eigenvalue weighted by atomic mass is 9.49. The first-order valence-electron chi connectivity index (χ1n) is 6.17. The lowest BCUT2D eigenvalue weighted by Crippen LogP contribution is -2.29. The van der Waals surface area contributed by atoms with E-state index in [1.165, 1.54) is 12.1 Å². The quantitative estimate of drug-likeness (QED) is 0.745. The summed E-state index contributed by atoms with van der Waals surface area (Å²) >= 11 is 0. The highest BCUT2D eigenvalue weighted by atomic mass is 19.1. The highest BCUT2D eigenvalue weighted by Gasteiger charge is 2.42. The van der Waals surface area contributed by atoms with Crippen LogP contribution in [0.25, 0.3) is 0 Å². The van der Waals surface area contributed by atoms with Crippen LogP contribution in [0.1, 0.15) is 18.9 Å². The molecule has 0 aliphatic carbocycles. The zero-order valence-electron chi connectivity index (χ0n) is 10.4. The summed E-state index contributed by atoms with van der Waals surface area (Å²) in [5, 5.41) is 18.4. The molecule has 0 saturated carbocycles. The molecule has 2 rings (SSSR count). The Hall–Kier alpha value is -1.81. The van der Waals surface area contributed by atoms with Crippen LogP contribution < -0.4 is 0 Å². The van der Waals surface area contributed by atoms with Gasteiger partial charge in [0.25, 0.3) is 6.71 Å². The van der Waals surface area contributed by atoms with Gasteiger partial charge in [-0.2, -0.15) is 5.26 Å². The van der Waals surface area contributed by atoms with E-state index in [0.717, 1.165) is 24.6 Å². The summed E-state index contributed by atoms with van der Waals surface area (Å²) in [4.78, 5) is 0. The Morgan fingerprint density at radius 3 is 2.50 bits per heavy atom. The fourth-order valence-corrected chi connectivity index (χ4v) is 2.81. The molecule has 2 atom stereocenters. The van der Waals surface area contributed by atoms with E-state index in [2.05, 4.69) is 12.0 Å². The highest BCUT2D eigenvalue weighted by Crippen LogP contribution is 2.42. The number of hydrogen-bond donors (Lipinski definition) is 0. The Morgan fingerprint density at radius 1 is 1.33 bits per heavy atom. The molecular weight excluding hydrogens is 226 g/mol. The van der Waals surface area contributed by atoms with Crippen molar-refractivity contribution in [2.75, 3.05) is 0 Å². The molecule has 0 spiro atoms. The molecule has 1 saturated heterocycles. The van der Waals surface area contributed by atoms with Crippen LogP contribution in [0.4, 0.5) is 4.39 Å². The van der Waals surface area contributed by atoms with Gasteiger partial charge in [0.1, 0.15) is 5.82 Å². The van der Waals surface area contributed by atoms with E-state index < -0.39 is 5.41 Å². The van der Waals surface area contributed by atoms with Crippen molar-refractivity contribution in [3.8, 4) is 12.0 Å². The molecule has 1 aromatic rings. The summed E-state index contributed by atoms with van der Waals surface area (Å²) < 4.78 is 12.9. The maximum absolute atomic E-state index is 12.9. The van der Waals surface area contributed by atoms with Gasteiger partial charge in [-0.05, 0) is 30.5 Å². The Kier molecular flexibility index (Phi) is 3.39. The van der Waals surface area contributed by atoms with Crippen molar-refractivity contribution in [1.82, 2.24) is 0 Å². The first-order chi connectivity index (χ1) is 8.60. The fraction of sp³-hybridized carbons (Fsp3) is 0.429. The smallest absolute Gasteiger partial charge is 0.213 e.